The SMILES string of the molecule is COC(=O)c1cccc(C23CC4(c5ccc(OC)cc5)CC42C3)c1-n1cccc1. The lowest BCUT2D eigenvalue weighted by molar-refractivity contribution is 0.0600. The number of carbonyl (C=O) groups is 1. The first-order valence-electron chi connectivity index (χ1n) is 10.1. The van der Waals surface area contributed by atoms with Crippen molar-refractivity contribution in [1.82, 2.24) is 4.57 Å². The van der Waals surface area contributed by atoms with E-state index < -0.39 is 0 Å². The summed E-state index contributed by atoms with van der Waals surface area (Å²) in [6.45, 7) is 0. The molecule has 1 aromatic heterocycles. The molecule has 29 heavy (non-hydrogen) atoms. The minimum atomic E-state index is -0.279. The number of methoxy groups -OCH3 is 2. The third-order valence-corrected chi connectivity index (χ3v) is 7.85. The van der Waals surface area contributed by atoms with Crippen molar-refractivity contribution in [1.29, 1.82) is 0 Å². The van der Waals surface area contributed by atoms with Crippen LogP contribution in [0.3, 0.4) is 0 Å². The number of carbonyl (C=O) groups excluding carboxylic acids is 1. The largest absolute Gasteiger partial charge is 0.497 e. The number of nitrogens with zero attached hydrogens (tertiary/aromatic N) is 1. The summed E-state index contributed by atoms with van der Waals surface area (Å²) >= 11 is 0. The Balaban J connectivity index is 1.42. The van der Waals surface area contributed by atoms with E-state index in [0.29, 0.717) is 16.4 Å². The molecule has 1 heterocycles. The van der Waals surface area contributed by atoms with Gasteiger partial charge in [-0.3, -0.25) is 0 Å². The fourth-order valence-corrected chi connectivity index (χ4v) is 6.48. The van der Waals surface area contributed by atoms with Crippen LogP contribution in [0.15, 0.2) is 67.0 Å². The minimum Gasteiger partial charge on any atom is -0.497 e. The average molecular weight is 385 g/mol. The molecule has 3 saturated carbocycles. The summed E-state index contributed by atoms with van der Waals surface area (Å²) in [5.41, 5.74) is 5.17. The number of aromatic nitrogens is 1. The normalized spacial score (nSPS) is 30.6. The third-order valence-electron chi connectivity index (χ3n) is 7.85. The average Bonchev–Trinajstić information content (AvgIpc) is 3.33. The second-order valence-electron chi connectivity index (χ2n) is 8.79. The lowest BCUT2D eigenvalue weighted by Crippen LogP contribution is -2.34. The fourth-order valence-electron chi connectivity index (χ4n) is 6.48. The zero-order valence-electron chi connectivity index (χ0n) is 16.6. The molecule has 3 aromatic rings. The highest BCUT2D eigenvalue weighted by Crippen LogP contribution is 3.00. The Bertz CT molecular complexity index is 1130. The molecule has 3 unspecified atom stereocenters. The van der Waals surface area contributed by atoms with Crippen molar-refractivity contribution in [2.75, 3.05) is 14.2 Å². The molecule has 1 spiro atoms. The van der Waals surface area contributed by atoms with Gasteiger partial charge in [0.25, 0.3) is 0 Å². The summed E-state index contributed by atoms with van der Waals surface area (Å²) in [5.74, 6) is 0.625. The number of hydrogen-bond acceptors (Lipinski definition) is 3. The topological polar surface area (TPSA) is 40.5 Å². The number of hydrogen-bond donors (Lipinski definition) is 0. The molecule has 0 N–H and O–H groups in total. The maximum Gasteiger partial charge on any atom is 0.340 e. The van der Waals surface area contributed by atoms with Crippen LogP contribution in [0, 0.1) is 5.41 Å². The predicted molar refractivity (Wildman–Crippen MR) is 110 cm³/mol. The standard InChI is InChI=1S/C25H23NO3/c1-28-18-10-8-17(9-11-18)23-14-24(16-25(23,24)15-23)20-7-5-6-19(22(27)29-2)21(20)26-12-3-4-13-26/h3-13H,14-16H2,1-2H3. The van der Waals surface area contributed by atoms with E-state index in [-0.39, 0.29) is 11.4 Å². The van der Waals surface area contributed by atoms with Crippen LogP contribution in [-0.2, 0) is 15.6 Å². The summed E-state index contributed by atoms with van der Waals surface area (Å²) in [6, 6.07) is 18.7. The summed E-state index contributed by atoms with van der Waals surface area (Å²) in [4.78, 5) is 12.5. The summed E-state index contributed by atoms with van der Waals surface area (Å²) in [5, 5.41) is 0. The molecule has 0 aliphatic heterocycles. The molecule has 146 valence electrons. The van der Waals surface area contributed by atoms with E-state index >= 15 is 0 Å². The Labute approximate surface area is 170 Å². The molecule has 4 nitrogen and oxygen atoms in total. The van der Waals surface area contributed by atoms with Gasteiger partial charge in [0.05, 0.1) is 25.5 Å². The van der Waals surface area contributed by atoms with Crippen molar-refractivity contribution in [2.45, 2.75) is 30.1 Å². The zero-order chi connectivity index (χ0) is 19.9. The van der Waals surface area contributed by atoms with Gasteiger partial charge in [-0.2, -0.15) is 0 Å². The zero-order valence-corrected chi connectivity index (χ0v) is 16.6. The molecular weight excluding hydrogens is 362 g/mol. The van der Waals surface area contributed by atoms with Gasteiger partial charge in [-0.05, 0) is 66.1 Å². The number of rotatable bonds is 5. The molecule has 3 fully saturated rings. The van der Waals surface area contributed by atoms with E-state index in [9.17, 15) is 4.79 Å². The van der Waals surface area contributed by atoms with Crippen molar-refractivity contribution >= 4 is 5.97 Å². The summed E-state index contributed by atoms with van der Waals surface area (Å²) < 4.78 is 12.5. The smallest absolute Gasteiger partial charge is 0.340 e. The van der Waals surface area contributed by atoms with E-state index in [1.165, 1.54) is 31.1 Å². The van der Waals surface area contributed by atoms with Crippen LogP contribution in [0.1, 0.15) is 40.7 Å². The van der Waals surface area contributed by atoms with E-state index in [1.54, 1.807) is 7.11 Å². The first-order chi connectivity index (χ1) is 14.1. The van der Waals surface area contributed by atoms with Crippen LogP contribution in [0.5, 0.6) is 5.75 Å². The third kappa shape index (κ3) is 1.87. The van der Waals surface area contributed by atoms with Gasteiger partial charge in [0, 0.05) is 23.2 Å². The highest BCUT2D eigenvalue weighted by Gasteiger charge is 2.96. The van der Waals surface area contributed by atoms with Gasteiger partial charge >= 0.3 is 5.97 Å². The van der Waals surface area contributed by atoms with Crippen molar-refractivity contribution in [3.05, 3.63) is 83.7 Å². The quantitative estimate of drug-likeness (QED) is 0.601. The van der Waals surface area contributed by atoms with Crippen LogP contribution in [0.4, 0.5) is 0 Å². The predicted octanol–water partition coefficient (Wildman–Crippen LogP) is 4.65. The molecule has 6 rings (SSSR count). The Morgan fingerprint density at radius 1 is 0.897 bits per heavy atom. The first kappa shape index (κ1) is 16.9. The highest BCUT2D eigenvalue weighted by molar-refractivity contribution is 5.94. The number of para-hydroxylation sites is 1. The Kier molecular flexibility index (Phi) is 3.10. The Morgan fingerprint density at radius 3 is 2.28 bits per heavy atom. The van der Waals surface area contributed by atoms with Gasteiger partial charge in [-0.1, -0.05) is 24.3 Å². The lowest BCUT2D eigenvalue weighted by Gasteiger charge is -2.36. The molecule has 3 aliphatic rings. The molecule has 2 aromatic carbocycles. The van der Waals surface area contributed by atoms with E-state index in [1.807, 2.05) is 36.7 Å². The van der Waals surface area contributed by atoms with E-state index in [0.717, 1.165) is 17.9 Å². The van der Waals surface area contributed by atoms with Crippen molar-refractivity contribution in [3.63, 3.8) is 0 Å². The van der Waals surface area contributed by atoms with Crippen LogP contribution in [0.25, 0.3) is 5.69 Å². The Morgan fingerprint density at radius 2 is 1.62 bits per heavy atom. The molecule has 3 aliphatic carbocycles. The number of esters is 1. The molecular formula is C25H23NO3. The minimum absolute atomic E-state index is 0.177. The van der Waals surface area contributed by atoms with E-state index in [2.05, 4.69) is 34.9 Å². The van der Waals surface area contributed by atoms with E-state index in [4.69, 9.17) is 9.47 Å². The summed E-state index contributed by atoms with van der Waals surface area (Å²) in [6.07, 6.45) is 7.61. The van der Waals surface area contributed by atoms with Crippen molar-refractivity contribution in [2.24, 2.45) is 5.41 Å². The molecule has 0 saturated heterocycles. The molecule has 0 amide bonds. The molecule has 3 atom stereocenters. The summed E-state index contributed by atoms with van der Waals surface area (Å²) in [7, 11) is 3.16. The van der Waals surface area contributed by atoms with Crippen LogP contribution in [0.2, 0.25) is 0 Å². The first-order valence-corrected chi connectivity index (χ1v) is 10.1. The van der Waals surface area contributed by atoms with Crippen LogP contribution < -0.4 is 4.74 Å². The van der Waals surface area contributed by atoms with Crippen molar-refractivity contribution in [3.8, 4) is 11.4 Å². The van der Waals surface area contributed by atoms with Gasteiger partial charge < -0.3 is 14.0 Å². The maximum atomic E-state index is 12.5. The maximum absolute atomic E-state index is 12.5. The highest BCUT2D eigenvalue weighted by atomic mass is 16.5. The van der Waals surface area contributed by atoms with Gasteiger partial charge in [0.2, 0.25) is 0 Å². The monoisotopic (exact) mass is 385 g/mol. The van der Waals surface area contributed by atoms with Crippen molar-refractivity contribution < 1.29 is 14.3 Å². The number of ether oxygens (including phenoxy) is 2. The Hall–Kier alpha value is -3.01. The van der Waals surface area contributed by atoms with Crippen LogP contribution >= 0.6 is 0 Å². The molecule has 0 bridgehead atoms. The van der Waals surface area contributed by atoms with Gasteiger partial charge in [0.15, 0.2) is 0 Å². The molecule has 4 heteroatoms. The van der Waals surface area contributed by atoms with Gasteiger partial charge in [-0.25, -0.2) is 4.79 Å². The lowest BCUT2D eigenvalue weighted by atomic mass is 9.67. The number of benzene rings is 2. The fraction of sp³-hybridized carbons (Fsp3) is 0.320. The molecule has 0 radical (unpaired) electrons. The van der Waals surface area contributed by atoms with Gasteiger partial charge in [-0.15, -0.1) is 0 Å². The second-order valence-corrected chi connectivity index (χ2v) is 8.79. The van der Waals surface area contributed by atoms with Crippen LogP contribution in [-0.4, -0.2) is 24.8 Å². The van der Waals surface area contributed by atoms with Gasteiger partial charge in [0.1, 0.15) is 5.75 Å². The second kappa shape index (κ2) is 5.32.